The number of anilines is 1. The maximum absolute atomic E-state index is 12.7. The normalized spacial score (nSPS) is 12.0. The zero-order valence-electron chi connectivity index (χ0n) is 17.1. The number of amides is 1. The van der Waals surface area contributed by atoms with Gasteiger partial charge in [0.25, 0.3) is 0 Å². The number of para-hydroxylation sites is 2. The molecule has 0 saturated heterocycles. The highest BCUT2D eigenvalue weighted by molar-refractivity contribution is 7.92. The quantitative estimate of drug-likeness (QED) is 0.667. The summed E-state index contributed by atoms with van der Waals surface area (Å²) in [6.45, 7) is 1.39. The standard InChI is InChI=1S/C20H26N2O6S/c1-14(16-12-15(26-2)10-11-18(16)27-3)21-20(23)13-22(29(5,24)25)17-8-6-7-9-19(17)28-4/h6-12,14H,13H2,1-5H3,(H,21,23)/t14-/m1/s1. The van der Waals surface area contributed by atoms with E-state index in [-0.39, 0.29) is 0 Å². The van der Waals surface area contributed by atoms with Crippen LogP contribution in [0.5, 0.6) is 17.2 Å². The number of hydrogen-bond acceptors (Lipinski definition) is 6. The molecule has 0 unspecified atom stereocenters. The molecule has 0 fully saturated rings. The Morgan fingerprint density at radius 2 is 1.69 bits per heavy atom. The molecule has 0 spiro atoms. The third-order valence-corrected chi connectivity index (χ3v) is 5.45. The van der Waals surface area contributed by atoms with Crippen LogP contribution in [0.2, 0.25) is 0 Å². The highest BCUT2D eigenvalue weighted by atomic mass is 32.2. The highest BCUT2D eigenvalue weighted by Gasteiger charge is 2.25. The first-order valence-electron chi connectivity index (χ1n) is 8.83. The molecule has 0 aliphatic rings. The number of nitrogens with one attached hydrogen (secondary N) is 1. The van der Waals surface area contributed by atoms with E-state index in [4.69, 9.17) is 14.2 Å². The van der Waals surface area contributed by atoms with Gasteiger partial charge in [-0.2, -0.15) is 0 Å². The lowest BCUT2D eigenvalue weighted by atomic mass is 10.1. The summed E-state index contributed by atoms with van der Waals surface area (Å²) < 4.78 is 41.5. The third kappa shape index (κ3) is 5.54. The molecular formula is C20H26N2O6S. The molecule has 1 N–H and O–H groups in total. The summed E-state index contributed by atoms with van der Waals surface area (Å²) >= 11 is 0. The fourth-order valence-corrected chi connectivity index (χ4v) is 3.75. The summed E-state index contributed by atoms with van der Waals surface area (Å²) in [6, 6.07) is 11.4. The van der Waals surface area contributed by atoms with Gasteiger partial charge < -0.3 is 19.5 Å². The van der Waals surface area contributed by atoms with Gasteiger partial charge in [0.05, 0.1) is 39.3 Å². The Kier molecular flexibility index (Phi) is 7.33. The molecule has 0 radical (unpaired) electrons. The van der Waals surface area contributed by atoms with Crippen molar-refractivity contribution in [1.82, 2.24) is 5.32 Å². The van der Waals surface area contributed by atoms with Crippen LogP contribution in [0.1, 0.15) is 18.5 Å². The molecule has 8 nitrogen and oxygen atoms in total. The summed E-state index contributed by atoms with van der Waals surface area (Å²) in [5.41, 5.74) is 1.00. The fourth-order valence-electron chi connectivity index (χ4n) is 2.89. The van der Waals surface area contributed by atoms with Crippen LogP contribution in [0.4, 0.5) is 5.69 Å². The summed E-state index contributed by atoms with van der Waals surface area (Å²) in [5, 5.41) is 2.81. The second kappa shape index (κ2) is 9.51. The molecule has 2 aromatic carbocycles. The van der Waals surface area contributed by atoms with Crippen molar-refractivity contribution < 1.29 is 27.4 Å². The van der Waals surface area contributed by atoms with Crippen LogP contribution >= 0.6 is 0 Å². The number of rotatable bonds is 9. The van der Waals surface area contributed by atoms with Crippen molar-refractivity contribution in [1.29, 1.82) is 0 Å². The summed E-state index contributed by atoms with van der Waals surface area (Å²) in [4.78, 5) is 12.7. The van der Waals surface area contributed by atoms with Gasteiger partial charge in [0.15, 0.2) is 0 Å². The first-order valence-corrected chi connectivity index (χ1v) is 10.7. The van der Waals surface area contributed by atoms with Crippen LogP contribution in [0.3, 0.4) is 0 Å². The van der Waals surface area contributed by atoms with Gasteiger partial charge in [-0.15, -0.1) is 0 Å². The molecule has 0 bridgehead atoms. The van der Waals surface area contributed by atoms with Crippen LogP contribution < -0.4 is 23.8 Å². The monoisotopic (exact) mass is 422 g/mol. The van der Waals surface area contributed by atoms with E-state index >= 15 is 0 Å². The molecule has 0 aliphatic carbocycles. The van der Waals surface area contributed by atoms with Crippen molar-refractivity contribution >= 4 is 21.6 Å². The summed E-state index contributed by atoms with van der Waals surface area (Å²) in [6.07, 6.45) is 1.04. The molecular weight excluding hydrogens is 396 g/mol. The lowest BCUT2D eigenvalue weighted by molar-refractivity contribution is -0.120. The Morgan fingerprint density at radius 1 is 1.03 bits per heavy atom. The first kappa shape index (κ1) is 22.4. The van der Waals surface area contributed by atoms with E-state index in [1.807, 2.05) is 0 Å². The zero-order chi connectivity index (χ0) is 21.6. The predicted octanol–water partition coefficient (Wildman–Crippen LogP) is 2.36. The number of ether oxygens (including phenoxy) is 3. The van der Waals surface area contributed by atoms with Gasteiger partial charge in [-0.3, -0.25) is 9.10 Å². The van der Waals surface area contributed by atoms with E-state index in [9.17, 15) is 13.2 Å². The SMILES string of the molecule is COc1ccc(OC)c([C@@H](C)NC(=O)CN(c2ccccc2OC)S(C)(=O)=O)c1. The van der Waals surface area contributed by atoms with Crippen molar-refractivity contribution in [3.63, 3.8) is 0 Å². The lowest BCUT2D eigenvalue weighted by Gasteiger charge is -2.25. The molecule has 1 amide bonds. The average Bonchev–Trinajstić information content (AvgIpc) is 2.70. The van der Waals surface area contributed by atoms with Gasteiger partial charge in [0.2, 0.25) is 15.9 Å². The third-order valence-electron chi connectivity index (χ3n) is 4.32. The number of methoxy groups -OCH3 is 3. The molecule has 0 aliphatic heterocycles. The Hall–Kier alpha value is -2.94. The van der Waals surface area contributed by atoms with Gasteiger partial charge in [0.1, 0.15) is 23.8 Å². The van der Waals surface area contributed by atoms with Crippen molar-refractivity contribution in [3.05, 3.63) is 48.0 Å². The molecule has 2 aromatic rings. The number of carbonyl (C=O) groups excluding carboxylic acids is 1. The molecule has 0 heterocycles. The van der Waals surface area contributed by atoms with Crippen LogP contribution in [0.15, 0.2) is 42.5 Å². The highest BCUT2D eigenvalue weighted by Crippen LogP contribution is 2.31. The van der Waals surface area contributed by atoms with Crippen molar-refractivity contribution in [3.8, 4) is 17.2 Å². The fraction of sp³-hybridized carbons (Fsp3) is 0.350. The summed E-state index contributed by atoms with van der Waals surface area (Å²) in [7, 11) is 0.802. The Balaban J connectivity index is 2.25. The van der Waals surface area contributed by atoms with Gasteiger partial charge >= 0.3 is 0 Å². The largest absolute Gasteiger partial charge is 0.497 e. The molecule has 0 saturated carbocycles. The van der Waals surface area contributed by atoms with Gasteiger partial charge in [0, 0.05) is 5.56 Å². The van der Waals surface area contributed by atoms with E-state index in [1.165, 1.54) is 14.2 Å². The number of sulfonamides is 1. The minimum atomic E-state index is -3.72. The van der Waals surface area contributed by atoms with Crippen LogP contribution in [0.25, 0.3) is 0 Å². The maximum Gasteiger partial charge on any atom is 0.241 e. The van der Waals surface area contributed by atoms with E-state index in [0.717, 1.165) is 10.6 Å². The Bertz CT molecular complexity index is 961. The van der Waals surface area contributed by atoms with Crippen LogP contribution in [-0.4, -0.2) is 48.5 Å². The minimum absolute atomic E-state index is 0.291. The zero-order valence-corrected chi connectivity index (χ0v) is 17.9. The topological polar surface area (TPSA) is 94.2 Å². The second-order valence-electron chi connectivity index (χ2n) is 6.34. The van der Waals surface area contributed by atoms with Gasteiger partial charge in [-0.25, -0.2) is 8.42 Å². The molecule has 0 aromatic heterocycles. The molecule has 29 heavy (non-hydrogen) atoms. The molecule has 158 valence electrons. The van der Waals surface area contributed by atoms with E-state index < -0.39 is 28.5 Å². The number of carbonyl (C=O) groups is 1. The summed E-state index contributed by atoms with van der Waals surface area (Å²) in [5.74, 6) is 1.09. The molecule has 2 rings (SSSR count). The Morgan fingerprint density at radius 3 is 2.28 bits per heavy atom. The minimum Gasteiger partial charge on any atom is -0.497 e. The van der Waals surface area contributed by atoms with E-state index in [0.29, 0.717) is 28.5 Å². The van der Waals surface area contributed by atoms with Gasteiger partial charge in [-0.1, -0.05) is 12.1 Å². The number of benzene rings is 2. The van der Waals surface area contributed by atoms with Crippen molar-refractivity contribution in [2.75, 3.05) is 38.4 Å². The lowest BCUT2D eigenvalue weighted by Crippen LogP contribution is -2.41. The van der Waals surface area contributed by atoms with Crippen molar-refractivity contribution in [2.45, 2.75) is 13.0 Å². The maximum atomic E-state index is 12.7. The average molecular weight is 423 g/mol. The van der Waals surface area contributed by atoms with Crippen LogP contribution in [0, 0.1) is 0 Å². The van der Waals surface area contributed by atoms with Gasteiger partial charge in [-0.05, 0) is 37.3 Å². The van der Waals surface area contributed by atoms with E-state index in [2.05, 4.69) is 5.32 Å². The smallest absolute Gasteiger partial charge is 0.241 e. The van der Waals surface area contributed by atoms with E-state index in [1.54, 1.807) is 56.5 Å². The first-order chi connectivity index (χ1) is 13.7. The Labute approximate surface area is 171 Å². The number of nitrogens with zero attached hydrogens (tertiary/aromatic N) is 1. The molecule has 9 heteroatoms. The predicted molar refractivity (Wildman–Crippen MR) is 111 cm³/mol. The second-order valence-corrected chi connectivity index (χ2v) is 8.25. The van der Waals surface area contributed by atoms with Crippen molar-refractivity contribution in [2.24, 2.45) is 0 Å². The number of hydrogen-bond donors (Lipinski definition) is 1. The molecule has 1 atom stereocenters. The van der Waals surface area contributed by atoms with Crippen LogP contribution in [-0.2, 0) is 14.8 Å².